The van der Waals surface area contributed by atoms with Crippen molar-refractivity contribution in [2.45, 2.75) is 17.1 Å². The molecule has 0 spiro atoms. The molecular weight excluding hydrogens is 499 g/mol. The van der Waals surface area contributed by atoms with Crippen molar-refractivity contribution in [2.24, 2.45) is 0 Å². The number of amides is 1. The molecule has 0 saturated carbocycles. The zero-order chi connectivity index (χ0) is 26.0. The number of nitrogens with one attached hydrogen (secondary N) is 2. The van der Waals surface area contributed by atoms with Gasteiger partial charge in [0.25, 0.3) is 5.91 Å². The quantitative estimate of drug-likeness (QED) is 0.358. The van der Waals surface area contributed by atoms with Gasteiger partial charge in [0.15, 0.2) is 15.5 Å². The second kappa shape index (κ2) is 9.79. The fourth-order valence-electron chi connectivity index (χ4n) is 3.67. The van der Waals surface area contributed by atoms with Crippen LogP contribution in [0, 0.1) is 0 Å². The van der Waals surface area contributed by atoms with Crippen LogP contribution in [0.15, 0.2) is 66.0 Å². The summed E-state index contributed by atoms with van der Waals surface area (Å²) in [4.78, 5) is 30.0. The summed E-state index contributed by atoms with van der Waals surface area (Å²) in [6.45, 7) is 0.374. The second-order valence-electron chi connectivity index (χ2n) is 8.83. The van der Waals surface area contributed by atoms with Crippen LogP contribution in [-0.4, -0.2) is 65.9 Å². The normalized spacial score (nSPS) is 14.6. The third kappa shape index (κ3) is 5.70. The van der Waals surface area contributed by atoms with Crippen LogP contribution in [0.25, 0.3) is 22.3 Å². The number of halogens is 1. The lowest BCUT2D eigenvalue weighted by molar-refractivity contribution is -0.121. The topological polar surface area (TPSA) is 136 Å². The highest BCUT2D eigenvalue weighted by Gasteiger charge is 2.38. The number of anilines is 1. The molecule has 0 atom stereocenters. The molecule has 10 nitrogen and oxygen atoms in total. The van der Waals surface area contributed by atoms with Gasteiger partial charge in [-0.15, -0.1) is 0 Å². The molecule has 5 rings (SSSR count). The van der Waals surface area contributed by atoms with Gasteiger partial charge < -0.3 is 15.4 Å². The van der Waals surface area contributed by atoms with Crippen molar-refractivity contribution in [1.82, 2.24) is 25.3 Å². The van der Waals surface area contributed by atoms with Gasteiger partial charge in [0.1, 0.15) is 5.82 Å². The van der Waals surface area contributed by atoms with Crippen LogP contribution in [0.4, 0.5) is 10.2 Å². The van der Waals surface area contributed by atoms with Crippen LogP contribution in [-0.2, 0) is 21.1 Å². The van der Waals surface area contributed by atoms with E-state index in [1.165, 1.54) is 18.5 Å². The molecule has 0 bridgehead atoms. The predicted octanol–water partition coefficient (Wildman–Crippen LogP) is 2.57. The van der Waals surface area contributed by atoms with Gasteiger partial charge in [0.05, 0.1) is 59.4 Å². The Balaban J connectivity index is 1.30. The molecule has 1 fully saturated rings. The van der Waals surface area contributed by atoms with Gasteiger partial charge in [0, 0.05) is 30.2 Å². The van der Waals surface area contributed by atoms with E-state index in [4.69, 9.17) is 9.72 Å². The first kappa shape index (κ1) is 24.7. The Hall–Kier alpha value is -4.03. The molecule has 190 valence electrons. The molecule has 0 aromatic carbocycles. The van der Waals surface area contributed by atoms with Gasteiger partial charge in [-0.05, 0) is 36.4 Å². The molecule has 0 aliphatic carbocycles. The lowest BCUT2D eigenvalue weighted by Crippen LogP contribution is -2.50. The van der Waals surface area contributed by atoms with Gasteiger partial charge in [-0.2, -0.15) is 0 Å². The van der Waals surface area contributed by atoms with Crippen molar-refractivity contribution in [3.8, 4) is 11.4 Å². The van der Waals surface area contributed by atoms with E-state index in [2.05, 4.69) is 25.6 Å². The maximum Gasteiger partial charge on any atom is 0.253 e. The minimum atomic E-state index is -3.48. The van der Waals surface area contributed by atoms with Crippen molar-refractivity contribution in [3.63, 3.8) is 0 Å². The first-order chi connectivity index (χ1) is 17.7. The van der Waals surface area contributed by atoms with Gasteiger partial charge >= 0.3 is 0 Å². The monoisotopic (exact) mass is 522 g/mol. The number of aromatic nitrogens is 4. The number of carbonyl (C=O) groups excluding carboxylic acids is 1. The van der Waals surface area contributed by atoms with Crippen LogP contribution in [0.1, 0.15) is 16.1 Å². The fourth-order valence-corrected chi connectivity index (χ4v) is 4.26. The molecule has 0 unspecified atom stereocenters. The lowest BCUT2D eigenvalue weighted by atomic mass is 10.1. The maximum atomic E-state index is 14.2. The highest BCUT2D eigenvalue weighted by Crippen LogP contribution is 2.24. The Kier molecular flexibility index (Phi) is 6.52. The molecule has 4 aromatic heterocycles. The van der Waals surface area contributed by atoms with Crippen molar-refractivity contribution in [3.05, 3.63) is 72.3 Å². The number of carbonyl (C=O) groups is 1. The molecule has 4 aromatic rings. The van der Waals surface area contributed by atoms with Crippen molar-refractivity contribution >= 4 is 32.5 Å². The van der Waals surface area contributed by atoms with Gasteiger partial charge in [0.2, 0.25) is 0 Å². The number of alkyl halides is 1. The second-order valence-corrected chi connectivity index (χ2v) is 10.9. The number of sulfone groups is 1. The highest BCUT2D eigenvalue weighted by molar-refractivity contribution is 7.90. The zero-order valence-electron chi connectivity index (χ0n) is 19.8. The fraction of sp³-hybridized carbons (Fsp3) is 0.240. The van der Waals surface area contributed by atoms with E-state index in [1.807, 2.05) is 24.3 Å². The smallest absolute Gasteiger partial charge is 0.253 e. The van der Waals surface area contributed by atoms with Gasteiger partial charge in [-0.25, -0.2) is 22.8 Å². The molecule has 12 heteroatoms. The average Bonchev–Trinajstić information content (AvgIpc) is 2.88. The first-order valence-corrected chi connectivity index (χ1v) is 13.2. The summed E-state index contributed by atoms with van der Waals surface area (Å²) in [5.74, 6) is 0.0644. The third-order valence-corrected chi connectivity index (χ3v) is 6.86. The van der Waals surface area contributed by atoms with Crippen molar-refractivity contribution < 1.29 is 22.3 Å². The van der Waals surface area contributed by atoms with Gasteiger partial charge in [-0.1, -0.05) is 6.07 Å². The van der Waals surface area contributed by atoms with Crippen molar-refractivity contribution in [1.29, 1.82) is 0 Å². The summed E-state index contributed by atoms with van der Waals surface area (Å²) >= 11 is 0. The predicted molar refractivity (Wildman–Crippen MR) is 134 cm³/mol. The molecule has 0 radical (unpaired) electrons. The lowest BCUT2D eigenvalue weighted by Gasteiger charge is -2.33. The first-order valence-electron chi connectivity index (χ1n) is 11.4. The van der Waals surface area contributed by atoms with Crippen LogP contribution in [0.2, 0.25) is 0 Å². The van der Waals surface area contributed by atoms with Crippen LogP contribution >= 0.6 is 0 Å². The molecule has 1 saturated heterocycles. The number of fused-ring (bicyclic) bond motifs is 1. The van der Waals surface area contributed by atoms with E-state index in [9.17, 15) is 17.6 Å². The summed E-state index contributed by atoms with van der Waals surface area (Å²) < 4.78 is 42.6. The number of ether oxygens (including phenoxy) is 1. The number of pyridine rings is 4. The van der Waals surface area contributed by atoms with Crippen LogP contribution in [0.3, 0.4) is 0 Å². The number of rotatable bonds is 8. The summed E-state index contributed by atoms with van der Waals surface area (Å²) in [7, 11) is -3.48. The molecule has 5 heterocycles. The summed E-state index contributed by atoms with van der Waals surface area (Å²) in [5.41, 5.74) is 1.24. The largest absolute Gasteiger partial charge is 0.374 e. The minimum absolute atomic E-state index is 0.0326. The zero-order valence-corrected chi connectivity index (χ0v) is 20.6. The Labute approximate surface area is 212 Å². The van der Waals surface area contributed by atoms with E-state index in [-0.39, 0.29) is 36.8 Å². The summed E-state index contributed by atoms with van der Waals surface area (Å²) in [6, 6.07) is 12.1. The molecule has 1 amide bonds. The molecule has 37 heavy (non-hydrogen) atoms. The van der Waals surface area contributed by atoms with Gasteiger partial charge in [-0.3, -0.25) is 14.8 Å². The Morgan fingerprint density at radius 3 is 2.65 bits per heavy atom. The molecule has 1 aliphatic rings. The van der Waals surface area contributed by atoms with E-state index < -0.39 is 21.4 Å². The van der Waals surface area contributed by atoms with E-state index in [0.29, 0.717) is 28.4 Å². The molecule has 2 N–H and O–H groups in total. The minimum Gasteiger partial charge on any atom is -0.374 e. The van der Waals surface area contributed by atoms with E-state index in [0.717, 1.165) is 11.6 Å². The molecular formula is C25H23FN6O4S. The maximum absolute atomic E-state index is 14.2. The summed E-state index contributed by atoms with van der Waals surface area (Å²) in [5, 5.41) is 6.55. The standard InChI is InChI=1S/C25H23FN6O4S/c1-37(34,35)19-7-17(9-27-12-19)24(33)29-11-18-8-22-16(10-28-18)5-6-21(31-22)20-3-2-4-23(32-20)30-13-25(26)14-36-15-25/h2-10,12H,11,13-15H2,1H3,(H,29,33)(H,30,32). The SMILES string of the molecule is CS(=O)(=O)c1cncc(C(=O)NCc2cc3nc(-c4cccc(NCC5(F)COC5)n4)ccc3cn2)c1. The van der Waals surface area contributed by atoms with E-state index >= 15 is 0 Å². The number of hydrogen-bond acceptors (Lipinski definition) is 9. The van der Waals surface area contributed by atoms with Crippen LogP contribution in [0.5, 0.6) is 0 Å². The highest BCUT2D eigenvalue weighted by atomic mass is 32.2. The van der Waals surface area contributed by atoms with Crippen LogP contribution < -0.4 is 10.6 Å². The Morgan fingerprint density at radius 2 is 1.89 bits per heavy atom. The average molecular weight is 523 g/mol. The third-order valence-electron chi connectivity index (χ3n) is 5.78. The van der Waals surface area contributed by atoms with Crippen molar-refractivity contribution in [2.75, 3.05) is 31.3 Å². The Morgan fingerprint density at radius 1 is 1.08 bits per heavy atom. The molecule has 1 aliphatic heterocycles. The Bertz CT molecular complexity index is 1590. The van der Waals surface area contributed by atoms with E-state index in [1.54, 1.807) is 18.3 Å². The summed E-state index contributed by atoms with van der Waals surface area (Å²) in [6.07, 6.45) is 5.21. The number of nitrogens with zero attached hydrogens (tertiary/aromatic N) is 4. The number of hydrogen-bond donors (Lipinski definition) is 2.